The first-order chi connectivity index (χ1) is 14.6. The Balaban J connectivity index is 1.49. The van der Waals surface area contributed by atoms with Crippen molar-refractivity contribution in [2.24, 2.45) is 7.05 Å². The number of methoxy groups -OCH3 is 1. The molecule has 0 saturated carbocycles. The van der Waals surface area contributed by atoms with E-state index < -0.39 is 0 Å². The summed E-state index contributed by atoms with van der Waals surface area (Å²) in [4.78, 5) is 12.8. The quantitative estimate of drug-likeness (QED) is 0.457. The maximum Gasteiger partial charge on any atom is 0.237 e. The van der Waals surface area contributed by atoms with Gasteiger partial charge in [0.2, 0.25) is 5.91 Å². The molecule has 0 saturated heterocycles. The number of nitrogens with zero attached hydrogens (tertiary/aromatic N) is 3. The number of amides is 1. The van der Waals surface area contributed by atoms with Gasteiger partial charge in [-0.15, -0.1) is 10.2 Å². The lowest BCUT2D eigenvalue weighted by Crippen LogP contribution is -2.23. The summed E-state index contributed by atoms with van der Waals surface area (Å²) in [6, 6.07) is 21.5. The predicted molar refractivity (Wildman–Crippen MR) is 121 cm³/mol. The van der Waals surface area contributed by atoms with Crippen molar-refractivity contribution in [1.82, 2.24) is 14.8 Å². The molecule has 152 valence electrons. The molecule has 4 aromatic rings. The number of fused-ring (bicyclic) bond motifs is 1. The van der Waals surface area contributed by atoms with E-state index in [4.69, 9.17) is 4.74 Å². The van der Waals surface area contributed by atoms with E-state index >= 15 is 0 Å². The molecule has 7 heteroatoms. The van der Waals surface area contributed by atoms with Crippen molar-refractivity contribution in [3.63, 3.8) is 0 Å². The number of hydrogen-bond donors (Lipinski definition) is 1. The molecule has 0 aliphatic carbocycles. The lowest BCUT2D eigenvalue weighted by molar-refractivity contribution is -0.115. The molecule has 1 atom stereocenters. The Morgan fingerprint density at radius 3 is 2.53 bits per heavy atom. The van der Waals surface area contributed by atoms with Crippen LogP contribution >= 0.6 is 11.8 Å². The first kappa shape index (κ1) is 20.0. The van der Waals surface area contributed by atoms with E-state index in [9.17, 15) is 4.79 Å². The highest BCUT2D eigenvalue weighted by atomic mass is 32.2. The number of nitrogens with one attached hydrogen (secondary N) is 1. The first-order valence-corrected chi connectivity index (χ1v) is 10.4. The van der Waals surface area contributed by atoms with Crippen LogP contribution in [0.15, 0.2) is 71.9 Å². The van der Waals surface area contributed by atoms with E-state index in [0.717, 1.165) is 33.6 Å². The fraction of sp³-hybridized carbons (Fsp3) is 0.174. The zero-order chi connectivity index (χ0) is 21.1. The third kappa shape index (κ3) is 4.02. The normalized spacial score (nSPS) is 12.0. The second-order valence-corrected chi connectivity index (χ2v) is 8.18. The zero-order valence-electron chi connectivity index (χ0n) is 17.0. The number of anilines is 1. The van der Waals surface area contributed by atoms with Gasteiger partial charge in [-0.3, -0.25) is 4.79 Å². The number of benzene rings is 3. The van der Waals surface area contributed by atoms with E-state index in [1.54, 1.807) is 7.11 Å². The van der Waals surface area contributed by atoms with Gasteiger partial charge in [-0.1, -0.05) is 48.2 Å². The Kier molecular flexibility index (Phi) is 5.72. The second kappa shape index (κ2) is 8.59. The molecule has 0 unspecified atom stereocenters. The van der Waals surface area contributed by atoms with Gasteiger partial charge >= 0.3 is 0 Å². The maximum absolute atomic E-state index is 12.8. The molecule has 30 heavy (non-hydrogen) atoms. The Morgan fingerprint density at radius 1 is 1.03 bits per heavy atom. The van der Waals surface area contributed by atoms with E-state index in [1.165, 1.54) is 11.8 Å². The Bertz CT molecular complexity index is 1180. The van der Waals surface area contributed by atoms with Crippen LogP contribution in [0.5, 0.6) is 5.75 Å². The summed E-state index contributed by atoms with van der Waals surface area (Å²) in [5.74, 6) is 1.45. The molecule has 1 heterocycles. The van der Waals surface area contributed by atoms with Crippen molar-refractivity contribution in [2.45, 2.75) is 17.3 Å². The molecule has 4 rings (SSSR count). The zero-order valence-corrected chi connectivity index (χ0v) is 17.8. The van der Waals surface area contributed by atoms with Gasteiger partial charge in [0.15, 0.2) is 11.0 Å². The summed E-state index contributed by atoms with van der Waals surface area (Å²) >= 11 is 1.38. The lowest BCUT2D eigenvalue weighted by atomic mass is 10.1. The van der Waals surface area contributed by atoms with Crippen LogP contribution < -0.4 is 10.1 Å². The molecule has 1 amide bonds. The third-order valence-electron chi connectivity index (χ3n) is 4.88. The van der Waals surface area contributed by atoms with Gasteiger partial charge in [-0.05, 0) is 42.6 Å². The molecule has 0 spiro atoms. The maximum atomic E-state index is 12.8. The van der Waals surface area contributed by atoms with Gasteiger partial charge in [-0.25, -0.2) is 0 Å². The van der Waals surface area contributed by atoms with Crippen LogP contribution in [-0.4, -0.2) is 33.0 Å². The van der Waals surface area contributed by atoms with E-state index in [-0.39, 0.29) is 11.2 Å². The average Bonchev–Trinajstić information content (AvgIpc) is 3.14. The SMILES string of the molecule is COc1ccc(-c2nnc(S[C@H](C)C(=O)Nc3cccc4ccccc34)n2C)cc1. The second-order valence-electron chi connectivity index (χ2n) is 6.87. The van der Waals surface area contributed by atoms with E-state index in [2.05, 4.69) is 15.5 Å². The minimum Gasteiger partial charge on any atom is -0.497 e. The molecule has 0 fully saturated rings. The number of thioether (sulfide) groups is 1. The number of ether oxygens (including phenoxy) is 1. The molecule has 6 nitrogen and oxygen atoms in total. The van der Waals surface area contributed by atoms with Crippen molar-refractivity contribution >= 4 is 34.1 Å². The lowest BCUT2D eigenvalue weighted by Gasteiger charge is -2.13. The van der Waals surface area contributed by atoms with Gasteiger partial charge in [0.1, 0.15) is 5.75 Å². The van der Waals surface area contributed by atoms with E-state index in [0.29, 0.717) is 5.16 Å². The van der Waals surface area contributed by atoms with Crippen LogP contribution in [0.3, 0.4) is 0 Å². The van der Waals surface area contributed by atoms with Crippen molar-refractivity contribution in [1.29, 1.82) is 0 Å². The number of carbonyl (C=O) groups is 1. The average molecular weight is 419 g/mol. The van der Waals surface area contributed by atoms with Gasteiger partial charge < -0.3 is 14.6 Å². The molecule has 3 aromatic carbocycles. The molecular formula is C23H22N4O2S. The summed E-state index contributed by atoms with van der Waals surface area (Å²) in [5.41, 5.74) is 1.74. The predicted octanol–water partition coefficient (Wildman–Crippen LogP) is 4.76. The van der Waals surface area contributed by atoms with Gasteiger partial charge in [0, 0.05) is 23.7 Å². The Hall–Kier alpha value is -3.32. The van der Waals surface area contributed by atoms with Crippen LogP contribution in [0.25, 0.3) is 22.2 Å². The summed E-state index contributed by atoms with van der Waals surface area (Å²) < 4.78 is 7.10. The minimum atomic E-state index is -0.337. The molecule has 0 bridgehead atoms. The van der Waals surface area contributed by atoms with Gasteiger partial charge in [-0.2, -0.15) is 0 Å². The molecule has 0 aliphatic rings. The smallest absolute Gasteiger partial charge is 0.237 e. The number of carbonyl (C=O) groups excluding carboxylic acids is 1. The molecule has 1 N–H and O–H groups in total. The van der Waals surface area contributed by atoms with E-state index in [1.807, 2.05) is 85.3 Å². The summed E-state index contributed by atoms with van der Waals surface area (Å²) in [5, 5.41) is 14.1. The monoisotopic (exact) mass is 418 g/mol. The summed E-state index contributed by atoms with van der Waals surface area (Å²) in [7, 11) is 3.54. The first-order valence-electron chi connectivity index (χ1n) is 9.56. The molecule has 1 aromatic heterocycles. The van der Waals surface area contributed by atoms with Crippen LogP contribution in [0, 0.1) is 0 Å². The summed E-state index contributed by atoms with van der Waals surface area (Å²) in [6.45, 7) is 1.87. The fourth-order valence-corrected chi connectivity index (χ4v) is 4.00. The highest BCUT2D eigenvalue weighted by molar-refractivity contribution is 8.00. The van der Waals surface area contributed by atoms with Crippen LogP contribution in [0.2, 0.25) is 0 Å². The number of aromatic nitrogens is 3. The van der Waals surface area contributed by atoms with Crippen LogP contribution in [0.1, 0.15) is 6.92 Å². The van der Waals surface area contributed by atoms with Crippen molar-refractivity contribution in [3.8, 4) is 17.1 Å². The Labute approximate surface area is 179 Å². The van der Waals surface area contributed by atoms with Gasteiger partial charge in [0.05, 0.1) is 12.4 Å². The number of rotatable bonds is 6. The van der Waals surface area contributed by atoms with Crippen molar-refractivity contribution in [2.75, 3.05) is 12.4 Å². The van der Waals surface area contributed by atoms with Crippen LogP contribution in [-0.2, 0) is 11.8 Å². The highest BCUT2D eigenvalue weighted by Crippen LogP contribution is 2.28. The Morgan fingerprint density at radius 2 is 1.77 bits per heavy atom. The third-order valence-corrected chi connectivity index (χ3v) is 6.02. The summed E-state index contributed by atoms with van der Waals surface area (Å²) in [6.07, 6.45) is 0. The standard InChI is InChI=1S/C23H22N4O2S/c1-15(22(28)24-20-10-6-8-16-7-4-5-9-19(16)20)30-23-26-25-21(27(23)2)17-11-13-18(29-3)14-12-17/h4-15H,1-3H3,(H,24,28)/t15-/m1/s1. The number of hydrogen-bond acceptors (Lipinski definition) is 5. The molecule has 0 radical (unpaired) electrons. The highest BCUT2D eigenvalue weighted by Gasteiger charge is 2.20. The largest absolute Gasteiger partial charge is 0.497 e. The minimum absolute atomic E-state index is 0.0784. The van der Waals surface area contributed by atoms with Crippen molar-refractivity contribution in [3.05, 3.63) is 66.7 Å². The fourth-order valence-electron chi connectivity index (χ4n) is 3.19. The van der Waals surface area contributed by atoms with Crippen LogP contribution in [0.4, 0.5) is 5.69 Å². The van der Waals surface area contributed by atoms with Gasteiger partial charge in [0.25, 0.3) is 0 Å². The van der Waals surface area contributed by atoms with Crippen molar-refractivity contribution < 1.29 is 9.53 Å². The molecule has 0 aliphatic heterocycles. The topological polar surface area (TPSA) is 69.0 Å². The molecular weight excluding hydrogens is 396 g/mol.